The third-order valence-corrected chi connectivity index (χ3v) is 8.84. The summed E-state index contributed by atoms with van der Waals surface area (Å²) >= 11 is 6.30. The minimum Gasteiger partial charge on any atom is -0.358 e. The Kier molecular flexibility index (Phi) is 7.20. The highest BCUT2D eigenvalue weighted by Gasteiger charge is 2.44. The summed E-state index contributed by atoms with van der Waals surface area (Å²) in [6.45, 7) is 15.0. The number of fused-ring (bicyclic) bond motifs is 3. The van der Waals surface area contributed by atoms with Crippen LogP contribution in [0.25, 0.3) is 0 Å². The lowest BCUT2D eigenvalue weighted by Gasteiger charge is -2.40. The smallest absolute Gasteiger partial charge is 0.358 e. The lowest BCUT2D eigenvalue weighted by atomic mass is 9.72. The van der Waals surface area contributed by atoms with Gasteiger partial charge in [-0.25, -0.2) is 0 Å². The van der Waals surface area contributed by atoms with Crippen LogP contribution in [0, 0.1) is 0 Å². The first-order valence-electron chi connectivity index (χ1n) is 13.6. The zero-order chi connectivity index (χ0) is 27.2. The van der Waals surface area contributed by atoms with Crippen LogP contribution in [-0.2, 0) is 18.0 Å². The summed E-state index contributed by atoms with van der Waals surface area (Å²) in [4.78, 5) is 4.15. The van der Waals surface area contributed by atoms with Crippen molar-refractivity contribution >= 4 is 28.7 Å². The Morgan fingerprint density at radius 1 is 1.03 bits per heavy atom. The largest absolute Gasteiger partial charge is 0.418 e. The van der Waals surface area contributed by atoms with Gasteiger partial charge in [-0.05, 0) is 99.6 Å². The van der Waals surface area contributed by atoms with Crippen LogP contribution in [0.3, 0.4) is 0 Å². The number of benzene rings is 2. The highest BCUT2D eigenvalue weighted by Crippen LogP contribution is 2.50. The second kappa shape index (κ2) is 10.2. The summed E-state index contributed by atoms with van der Waals surface area (Å²) in [6, 6.07) is 9.15. The Bertz CT molecular complexity index is 1240. The fourth-order valence-electron chi connectivity index (χ4n) is 6.52. The van der Waals surface area contributed by atoms with Crippen LogP contribution in [0.5, 0.6) is 0 Å². The average Bonchev–Trinajstić information content (AvgIpc) is 3.33. The Morgan fingerprint density at radius 2 is 1.74 bits per heavy atom. The summed E-state index contributed by atoms with van der Waals surface area (Å²) in [7, 11) is 0. The minimum absolute atomic E-state index is 0.0280. The predicted molar refractivity (Wildman–Crippen MR) is 151 cm³/mol. The topological polar surface area (TPSA) is 30.5 Å². The van der Waals surface area contributed by atoms with Gasteiger partial charge in [-0.15, -0.1) is 0 Å². The molecule has 0 aromatic heterocycles. The van der Waals surface area contributed by atoms with Crippen molar-refractivity contribution in [2.24, 2.45) is 0 Å². The molecule has 2 aromatic rings. The molecule has 0 unspecified atom stereocenters. The maximum absolute atomic E-state index is 14.2. The number of halogens is 4. The summed E-state index contributed by atoms with van der Waals surface area (Å²) < 4.78 is 42.6. The second-order valence-electron chi connectivity index (χ2n) is 10.8. The van der Waals surface area contributed by atoms with Crippen molar-refractivity contribution in [1.82, 2.24) is 4.90 Å². The Hall–Kier alpha value is -2.64. The quantitative estimate of drug-likeness (QED) is 0.368. The van der Waals surface area contributed by atoms with Gasteiger partial charge >= 0.3 is 6.18 Å². The van der Waals surface area contributed by atoms with Crippen LogP contribution in [-0.4, -0.2) is 30.6 Å². The van der Waals surface area contributed by atoms with Crippen LogP contribution in [0.1, 0.15) is 62.6 Å². The number of hydrogen-bond donors (Lipinski definition) is 2. The van der Waals surface area contributed by atoms with E-state index in [1.165, 1.54) is 11.6 Å². The maximum atomic E-state index is 14.2. The minimum atomic E-state index is -4.44. The number of rotatable bonds is 7. The molecule has 0 bridgehead atoms. The number of aryl methyl sites for hydroxylation is 1. The maximum Gasteiger partial charge on any atom is 0.418 e. The van der Waals surface area contributed by atoms with Crippen molar-refractivity contribution in [3.8, 4) is 0 Å². The molecule has 4 nitrogen and oxygen atoms in total. The van der Waals surface area contributed by atoms with Gasteiger partial charge in [-0.3, -0.25) is 0 Å². The van der Waals surface area contributed by atoms with Gasteiger partial charge in [-0.1, -0.05) is 38.6 Å². The number of alkyl halides is 3. The molecule has 0 aliphatic carbocycles. The van der Waals surface area contributed by atoms with Crippen molar-refractivity contribution < 1.29 is 13.2 Å². The Morgan fingerprint density at radius 3 is 2.39 bits per heavy atom. The highest BCUT2D eigenvalue weighted by molar-refractivity contribution is 6.30. The van der Waals surface area contributed by atoms with Crippen LogP contribution < -0.4 is 15.5 Å². The predicted octanol–water partition coefficient (Wildman–Crippen LogP) is 8.16. The number of nitrogens with zero attached hydrogens (tertiary/aromatic N) is 2. The zero-order valence-electron chi connectivity index (χ0n) is 22.1. The van der Waals surface area contributed by atoms with Crippen molar-refractivity contribution in [2.45, 2.75) is 70.0 Å². The van der Waals surface area contributed by atoms with Gasteiger partial charge < -0.3 is 20.4 Å². The number of likely N-dealkylation sites (tertiary alicyclic amines) is 1. The molecule has 1 fully saturated rings. The SMILES string of the molecule is C=C1Nc2cc(CCCN3CCC4(CC3)C(=C)Nc3ccc(Cl)cc34)cc(C(F)(F)F)c2N1C(CC)CC. The van der Waals surface area contributed by atoms with Gasteiger partial charge in [0.1, 0.15) is 5.82 Å². The zero-order valence-corrected chi connectivity index (χ0v) is 22.9. The molecule has 1 spiro atoms. The summed E-state index contributed by atoms with van der Waals surface area (Å²) in [5.74, 6) is 0.518. The molecule has 2 aromatic carbocycles. The fraction of sp³-hybridized carbons (Fsp3) is 0.467. The van der Waals surface area contributed by atoms with E-state index in [2.05, 4.69) is 34.8 Å². The molecule has 0 saturated carbocycles. The second-order valence-corrected chi connectivity index (χ2v) is 11.2. The number of anilines is 3. The van der Waals surface area contributed by atoms with E-state index in [9.17, 15) is 13.2 Å². The lowest BCUT2D eigenvalue weighted by molar-refractivity contribution is -0.137. The highest BCUT2D eigenvalue weighted by atomic mass is 35.5. The molecule has 3 aliphatic rings. The van der Waals surface area contributed by atoms with E-state index in [1.807, 2.05) is 32.0 Å². The number of piperidine rings is 1. The van der Waals surface area contributed by atoms with Gasteiger partial charge in [0.25, 0.3) is 0 Å². The molecule has 204 valence electrons. The Labute approximate surface area is 228 Å². The van der Waals surface area contributed by atoms with Gasteiger partial charge in [0, 0.05) is 27.9 Å². The number of hydrogen-bond acceptors (Lipinski definition) is 4. The fourth-order valence-corrected chi connectivity index (χ4v) is 6.69. The van der Waals surface area contributed by atoms with E-state index in [-0.39, 0.29) is 17.1 Å². The van der Waals surface area contributed by atoms with Crippen LogP contribution in [0.4, 0.5) is 30.2 Å². The van der Waals surface area contributed by atoms with E-state index in [4.69, 9.17) is 11.6 Å². The molecule has 1 saturated heterocycles. The van der Waals surface area contributed by atoms with Crippen LogP contribution in [0.2, 0.25) is 5.02 Å². The molecular formula is C30H36ClF3N4. The van der Waals surface area contributed by atoms with Crippen molar-refractivity contribution in [1.29, 1.82) is 0 Å². The Balaban J connectivity index is 1.26. The lowest BCUT2D eigenvalue weighted by Crippen LogP contribution is -2.43. The van der Waals surface area contributed by atoms with Crippen molar-refractivity contribution in [2.75, 3.05) is 35.2 Å². The molecule has 0 amide bonds. The average molecular weight is 545 g/mol. The van der Waals surface area contributed by atoms with Gasteiger partial charge in [0.15, 0.2) is 0 Å². The van der Waals surface area contributed by atoms with E-state index in [0.717, 1.165) is 68.1 Å². The number of allylic oxidation sites excluding steroid dienone is 1. The molecule has 38 heavy (non-hydrogen) atoms. The molecule has 0 radical (unpaired) electrons. The molecule has 3 heterocycles. The van der Waals surface area contributed by atoms with Crippen molar-refractivity contribution in [3.05, 3.63) is 76.7 Å². The number of nitrogens with one attached hydrogen (secondary N) is 2. The van der Waals surface area contributed by atoms with Crippen molar-refractivity contribution in [3.63, 3.8) is 0 Å². The first-order chi connectivity index (χ1) is 18.1. The molecule has 0 atom stereocenters. The van der Waals surface area contributed by atoms with Crippen LogP contribution in [0.15, 0.2) is 55.0 Å². The van der Waals surface area contributed by atoms with Gasteiger partial charge in [-0.2, -0.15) is 13.2 Å². The third kappa shape index (κ3) is 4.68. The standard InChI is InChI=1S/C30H36ClF3N4/c1-5-23(6-2)38-20(4)36-27-17-21(16-25(28(27)38)30(32,33)34)8-7-13-37-14-11-29(12-15-37)19(3)35-26-10-9-22(31)18-24(26)29/h9-10,16-18,23,35-36H,3-8,11-15H2,1-2H3. The van der Waals surface area contributed by atoms with Gasteiger partial charge in [0.05, 0.1) is 16.9 Å². The van der Waals surface area contributed by atoms with E-state index >= 15 is 0 Å². The van der Waals surface area contributed by atoms with E-state index in [1.54, 1.807) is 4.90 Å². The third-order valence-electron chi connectivity index (χ3n) is 8.60. The van der Waals surface area contributed by atoms with Gasteiger partial charge in [0.2, 0.25) is 0 Å². The molecule has 2 N–H and O–H groups in total. The van der Waals surface area contributed by atoms with E-state index < -0.39 is 11.7 Å². The molecular weight excluding hydrogens is 509 g/mol. The monoisotopic (exact) mass is 544 g/mol. The van der Waals surface area contributed by atoms with Crippen LogP contribution >= 0.6 is 11.6 Å². The molecule has 3 aliphatic heterocycles. The summed E-state index contributed by atoms with van der Waals surface area (Å²) in [5.41, 5.74) is 4.09. The molecule has 8 heteroatoms. The van der Waals surface area contributed by atoms with E-state index in [0.29, 0.717) is 23.5 Å². The summed E-state index contributed by atoms with van der Waals surface area (Å²) in [6.07, 6.45) is 0.326. The molecule has 5 rings (SSSR count). The summed E-state index contributed by atoms with van der Waals surface area (Å²) in [5, 5.41) is 7.31. The first-order valence-corrected chi connectivity index (χ1v) is 13.9. The normalized spacial score (nSPS) is 18.7. The first kappa shape index (κ1) is 26.9.